The monoisotopic (exact) mass is 274 g/mol. The first kappa shape index (κ1) is 14.1. The summed E-state index contributed by atoms with van der Waals surface area (Å²) in [5.41, 5.74) is 0. The van der Waals surface area contributed by atoms with Gasteiger partial charge < -0.3 is 9.73 Å². The molecule has 2 amide bonds. The number of hydrogen-bond donors (Lipinski definition) is 2. The molecule has 0 aliphatic rings. The Hall–Kier alpha value is -2.34. The minimum absolute atomic E-state index is 0.0144. The van der Waals surface area contributed by atoms with Gasteiger partial charge in [-0.05, 0) is 38.4 Å². The number of nitrogens with one attached hydrogen (secondary N) is 2. The summed E-state index contributed by atoms with van der Waals surface area (Å²) < 4.78 is 5.38. The maximum atomic E-state index is 11.8. The van der Waals surface area contributed by atoms with E-state index < -0.39 is 0 Å². The Labute approximate surface area is 117 Å². The van der Waals surface area contributed by atoms with Gasteiger partial charge in [0.05, 0.1) is 12.3 Å². The number of rotatable bonds is 5. The molecule has 20 heavy (non-hydrogen) atoms. The molecule has 6 heteroatoms. The summed E-state index contributed by atoms with van der Waals surface area (Å²) in [6.45, 7) is 0.444. The molecular formula is C14H18N4O2. The van der Waals surface area contributed by atoms with Crippen LogP contribution < -0.4 is 10.6 Å². The van der Waals surface area contributed by atoms with Gasteiger partial charge in [-0.15, -0.1) is 0 Å². The highest BCUT2D eigenvalue weighted by Gasteiger charge is 2.17. The van der Waals surface area contributed by atoms with Crippen molar-refractivity contribution in [3.05, 3.63) is 48.6 Å². The molecule has 0 aliphatic carbocycles. The van der Waals surface area contributed by atoms with Gasteiger partial charge in [0.25, 0.3) is 0 Å². The van der Waals surface area contributed by atoms with E-state index in [2.05, 4.69) is 15.6 Å². The fraction of sp³-hybridized carbons (Fsp3) is 0.286. The van der Waals surface area contributed by atoms with Crippen LogP contribution in [0.5, 0.6) is 0 Å². The van der Waals surface area contributed by atoms with E-state index in [1.165, 1.54) is 0 Å². The fourth-order valence-corrected chi connectivity index (χ4v) is 1.81. The number of furan rings is 1. The Bertz CT molecular complexity index is 525. The number of carbonyl (C=O) groups is 1. The van der Waals surface area contributed by atoms with Crippen LogP contribution in [0.25, 0.3) is 0 Å². The molecule has 0 spiro atoms. The number of nitrogens with zero attached hydrogens (tertiary/aromatic N) is 2. The lowest BCUT2D eigenvalue weighted by atomic mass is 10.2. The first-order valence-electron chi connectivity index (χ1n) is 6.32. The van der Waals surface area contributed by atoms with Gasteiger partial charge in [-0.3, -0.25) is 10.2 Å². The molecule has 1 atom stereocenters. The molecule has 0 radical (unpaired) electrons. The normalized spacial score (nSPS) is 12.2. The van der Waals surface area contributed by atoms with Crippen molar-refractivity contribution in [2.24, 2.45) is 0 Å². The van der Waals surface area contributed by atoms with E-state index in [4.69, 9.17) is 4.42 Å². The number of likely N-dealkylation sites (N-methyl/N-ethyl adjacent to an activating group) is 1. The van der Waals surface area contributed by atoms with Crippen molar-refractivity contribution in [3.8, 4) is 0 Å². The molecule has 0 saturated carbocycles. The van der Waals surface area contributed by atoms with Gasteiger partial charge in [-0.1, -0.05) is 6.07 Å². The lowest BCUT2D eigenvalue weighted by Gasteiger charge is -2.22. The Morgan fingerprint density at radius 1 is 1.35 bits per heavy atom. The zero-order valence-corrected chi connectivity index (χ0v) is 11.5. The van der Waals surface area contributed by atoms with Crippen LogP contribution in [0.15, 0.2) is 47.2 Å². The number of urea groups is 1. The van der Waals surface area contributed by atoms with Gasteiger partial charge in [-0.2, -0.15) is 0 Å². The first-order chi connectivity index (χ1) is 9.66. The van der Waals surface area contributed by atoms with Crippen LogP contribution in [0.3, 0.4) is 0 Å². The quantitative estimate of drug-likeness (QED) is 0.876. The molecule has 0 aromatic carbocycles. The van der Waals surface area contributed by atoms with Crippen LogP contribution in [0.1, 0.15) is 11.8 Å². The minimum atomic E-state index is -0.290. The smallest absolute Gasteiger partial charge is 0.320 e. The Kier molecular flexibility index (Phi) is 4.73. The average molecular weight is 274 g/mol. The van der Waals surface area contributed by atoms with Gasteiger partial charge >= 0.3 is 6.03 Å². The number of anilines is 1. The third kappa shape index (κ3) is 3.83. The molecule has 1 unspecified atom stereocenters. The second-order valence-electron chi connectivity index (χ2n) is 4.54. The second-order valence-corrected chi connectivity index (χ2v) is 4.54. The molecule has 2 rings (SSSR count). The summed E-state index contributed by atoms with van der Waals surface area (Å²) in [6.07, 6.45) is 3.25. The van der Waals surface area contributed by atoms with Gasteiger partial charge in [0, 0.05) is 12.7 Å². The van der Waals surface area contributed by atoms with E-state index in [-0.39, 0.29) is 12.1 Å². The fourth-order valence-electron chi connectivity index (χ4n) is 1.81. The molecule has 6 nitrogen and oxygen atoms in total. The van der Waals surface area contributed by atoms with Crippen LogP contribution in [-0.4, -0.2) is 36.6 Å². The molecule has 0 bridgehead atoms. The lowest BCUT2D eigenvalue weighted by Crippen LogP contribution is -2.36. The van der Waals surface area contributed by atoms with Crippen LogP contribution in [0, 0.1) is 0 Å². The highest BCUT2D eigenvalue weighted by atomic mass is 16.3. The van der Waals surface area contributed by atoms with Crippen molar-refractivity contribution in [3.63, 3.8) is 0 Å². The van der Waals surface area contributed by atoms with Crippen LogP contribution in [0.4, 0.5) is 10.6 Å². The van der Waals surface area contributed by atoms with Crippen LogP contribution >= 0.6 is 0 Å². The van der Waals surface area contributed by atoms with Gasteiger partial charge in [-0.25, -0.2) is 9.78 Å². The molecule has 2 N–H and O–H groups in total. The van der Waals surface area contributed by atoms with E-state index in [9.17, 15) is 4.79 Å². The summed E-state index contributed by atoms with van der Waals surface area (Å²) in [6, 6.07) is 8.76. The van der Waals surface area contributed by atoms with Gasteiger partial charge in [0.15, 0.2) is 0 Å². The van der Waals surface area contributed by atoms with Crippen LogP contribution in [0.2, 0.25) is 0 Å². The van der Waals surface area contributed by atoms with Crippen molar-refractivity contribution in [2.45, 2.75) is 6.04 Å². The Balaban J connectivity index is 1.88. The number of hydrogen-bond acceptors (Lipinski definition) is 4. The summed E-state index contributed by atoms with van der Waals surface area (Å²) in [7, 11) is 3.87. The molecule has 106 valence electrons. The molecule has 2 heterocycles. The SMILES string of the molecule is CN(C)C(CNC(=O)Nc1ccccn1)c1ccco1. The molecule has 0 fully saturated rings. The number of carbonyl (C=O) groups excluding carboxylic acids is 1. The molecular weight excluding hydrogens is 256 g/mol. The van der Waals surface area contributed by atoms with Crippen molar-refractivity contribution in [1.29, 1.82) is 0 Å². The summed E-state index contributed by atoms with van der Waals surface area (Å²) in [4.78, 5) is 17.8. The third-order valence-electron chi connectivity index (χ3n) is 2.86. The van der Waals surface area contributed by atoms with E-state index in [1.807, 2.05) is 37.2 Å². The van der Waals surface area contributed by atoms with Crippen molar-refractivity contribution in [2.75, 3.05) is 26.0 Å². The number of amides is 2. The summed E-state index contributed by atoms with van der Waals surface area (Å²) in [5, 5.41) is 5.48. The maximum Gasteiger partial charge on any atom is 0.320 e. The second kappa shape index (κ2) is 6.72. The van der Waals surface area contributed by atoms with E-state index in [1.54, 1.807) is 24.6 Å². The Morgan fingerprint density at radius 3 is 2.80 bits per heavy atom. The van der Waals surface area contributed by atoms with Crippen molar-refractivity contribution < 1.29 is 9.21 Å². The summed E-state index contributed by atoms with van der Waals surface area (Å²) >= 11 is 0. The topological polar surface area (TPSA) is 70.4 Å². The van der Waals surface area contributed by atoms with Crippen molar-refractivity contribution in [1.82, 2.24) is 15.2 Å². The molecule has 0 aliphatic heterocycles. The highest BCUT2D eigenvalue weighted by Crippen LogP contribution is 2.17. The largest absolute Gasteiger partial charge is 0.468 e. The van der Waals surface area contributed by atoms with E-state index >= 15 is 0 Å². The average Bonchev–Trinajstić information content (AvgIpc) is 2.93. The Morgan fingerprint density at radius 2 is 2.20 bits per heavy atom. The molecule has 2 aromatic heterocycles. The van der Waals surface area contributed by atoms with E-state index in [0.29, 0.717) is 12.4 Å². The molecule has 2 aromatic rings. The maximum absolute atomic E-state index is 11.8. The lowest BCUT2D eigenvalue weighted by molar-refractivity contribution is 0.233. The summed E-state index contributed by atoms with van der Waals surface area (Å²) in [5.74, 6) is 1.33. The predicted molar refractivity (Wildman–Crippen MR) is 76.4 cm³/mol. The van der Waals surface area contributed by atoms with Crippen molar-refractivity contribution >= 4 is 11.8 Å². The third-order valence-corrected chi connectivity index (χ3v) is 2.86. The zero-order chi connectivity index (χ0) is 14.4. The molecule has 0 saturated heterocycles. The van der Waals surface area contributed by atoms with Gasteiger partial charge in [0.2, 0.25) is 0 Å². The minimum Gasteiger partial charge on any atom is -0.468 e. The zero-order valence-electron chi connectivity index (χ0n) is 11.5. The predicted octanol–water partition coefficient (Wildman–Crippen LogP) is 2.10. The van der Waals surface area contributed by atoms with Crippen LogP contribution in [-0.2, 0) is 0 Å². The first-order valence-corrected chi connectivity index (χ1v) is 6.32. The standard InChI is InChI=1S/C14H18N4O2/c1-18(2)11(12-6-5-9-20-12)10-16-14(19)17-13-7-3-4-8-15-13/h3-9,11H,10H2,1-2H3,(H2,15,16,17,19). The van der Waals surface area contributed by atoms with E-state index in [0.717, 1.165) is 5.76 Å². The number of aromatic nitrogens is 1. The highest BCUT2D eigenvalue weighted by molar-refractivity contribution is 5.88. The number of pyridine rings is 1. The van der Waals surface area contributed by atoms with Gasteiger partial charge in [0.1, 0.15) is 11.6 Å².